The molecule has 1 aliphatic heterocycles. The summed E-state index contributed by atoms with van der Waals surface area (Å²) in [6.07, 6.45) is 5.60. The SMILES string of the molecule is COC1=N[C@H](C(C)C)C(OC)=N[C@H]1Cc1ccc(-c2c(OC)cnn(C)c2=O)c2nccn12. The van der Waals surface area contributed by atoms with Gasteiger partial charge in [0.25, 0.3) is 5.56 Å². The van der Waals surface area contributed by atoms with E-state index in [2.05, 4.69) is 23.9 Å². The molecule has 0 unspecified atom stereocenters. The lowest BCUT2D eigenvalue weighted by Gasteiger charge is -2.27. The van der Waals surface area contributed by atoms with Crippen LogP contribution in [0, 0.1) is 5.92 Å². The van der Waals surface area contributed by atoms with Crippen molar-refractivity contribution in [1.29, 1.82) is 0 Å². The zero-order chi connectivity index (χ0) is 23.7. The van der Waals surface area contributed by atoms with Gasteiger partial charge in [-0.15, -0.1) is 0 Å². The van der Waals surface area contributed by atoms with Crippen LogP contribution in [-0.4, -0.2) is 64.4 Å². The van der Waals surface area contributed by atoms with Crippen LogP contribution in [0.25, 0.3) is 16.8 Å². The molecule has 3 aromatic rings. The zero-order valence-corrected chi connectivity index (χ0v) is 19.6. The van der Waals surface area contributed by atoms with E-state index in [1.807, 2.05) is 22.7 Å². The smallest absolute Gasteiger partial charge is 0.278 e. The number of aromatic nitrogens is 4. The summed E-state index contributed by atoms with van der Waals surface area (Å²) in [5.41, 5.74) is 2.38. The van der Waals surface area contributed by atoms with Crippen molar-refractivity contribution in [1.82, 2.24) is 19.2 Å². The van der Waals surface area contributed by atoms with Gasteiger partial charge in [0.2, 0.25) is 11.8 Å². The molecule has 0 aromatic carbocycles. The van der Waals surface area contributed by atoms with Crippen LogP contribution in [0.15, 0.2) is 45.5 Å². The monoisotopic (exact) mass is 452 g/mol. The predicted molar refractivity (Wildman–Crippen MR) is 125 cm³/mol. The molecule has 0 amide bonds. The Morgan fingerprint density at radius 2 is 1.82 bits per heavy atom. The third-order valence-electron chi connectivity index (χ3n) is 5.76. The Kier molecular flexibility index (Phi) is 6.17. The first-order valence-electron chi connectivity index (χ1n) is 10.7. The maximum absolute atomic E-state index is 12.9. The molecule has 0 fully saturated rings. The molecule has 0 saturated carbocycles. The van der Waals surface area contributed by atoms with E-state index in [9.17, 15) is 4.79 Å². The maximum Gasteiger partial charge on any atom is 0.278 e. The van der Waals surface area contributed by atoms with Crippen molar-refractivity contribution in [3.63, 3.8) is 0 Å². The number of aliphatic imine (C=N–C) groups is 2. The first-order valence-corrected chi connectivity index (χ1v) is 10.7. The lowest BCUT2D eigenvalue weighted by Crippen LogP contribution is -2.38. The number of nitrogens with zero attached hydrogens (tertiary/aromatic N) is 6. The summed E-state index contributed by atoms with van der Waals surface area (Å²) in [5, 5.41) is 4.05. The van der Waals surface area contributed by atoms with Crippen molar-refractivity contribution < 1.29 is 14.2 Å². The van der Waals surface area contributed by atoms with Gasteiger partial charge in [0, 0.05) is 37.1 Å². The van der Waals surface area contributed by atoms with E-state index in [-0.39, 0.29) is 23.6 Å². The predicted octanol–water partition coefficient (Wildman–Crippen LogP) is 2.14. The Bertz CT molecular complexity index is 1290. The largest absolute Gasteiger partial charge is 0.494 e. The van der Waals surface area contributed by atoms with Crippen LogP contribution < -0.4 is 10.3 Å². The van der Waals surface area contributed by atoms with Gasteiger partial charge in [0.1, 0.15) is 17.7 Å². The number of imidazole rings is 1. The average molecular weight is 453 g/mol. The van der Waals surface area contributed by atoms with Gasteiger partial charge in [-0.05, 0) is 18.1 Å². The van der Waals surface area contributed by atoms with Crippen molar-refractivity contribution >= 4 is 17.4 Å². The summed E-state index contributed by atoms with van der Waals surface area (Å²) < 4.78 is 19.8. The number of rotatable bonds is 5. The fourth-order valence-electron chi connectivity index (χ4n) is 4.05. The molecule has 1 aliphatic rings. The Hall–Kier alpha value is -3.69. The molecule has 0 radical (unpaired) electrons. The van der Waals surface area contributed by atoms with Crippen molar-refractivity contribution in [2.45, 2.75) is 32.4 Å². The van der Waals surface area contributed by atoms with E-state index in [1.54, 1.807) is 27.5 Å². The third-order valence-corrected chi connectivity index (χ3v) is 5.76. The lowest BCUT2D eigenvalue weighted by atomic mass is 10.0. The molecule has 174 valence electrons. The van der Waals surface area contributed by atoms with Crippen molar-refractivity contribution in [3.8, 4) is 16.9 Å². The van der Waals surface area contributed by atoms with Gasteiger partial charge in [0.15, 0.2) is 5.75 Å². The van der Waals surface area contributed by atoms with E-state index in [1.165, 1.54) is 18.0 Å². The zero-order valence-electron chi connectivity index (χ0n) is 19.6. The summed E-state index contributed by atoms with van der Waals surface area (Å²) in [5.74, 6) is 1.79. The van der Waals surface area contributed by atoms with Crippen LogP contribution in [0.2, 0.25) is 0 Å². The molecule has 0 aliphatic carbocycles. The fourth-order valence-corrected chi connectivity index (χ4v) is 4.05. The highest BCUT2D eigenvalue weighted by molar-refractivity contribution is 5.94. The fraction of sp³-hybridized carbons (Fsp3) is 0.435. The summed E-state index contributed by atoms with van der Waals surface area (Å²) in [4.78, 5) is 26.9. The second kappa shape index (κ2) is 9.05. The summed E-state index contributed by atoms with van der Waals surface area (Å²) in [7, 11) is 6.34. The molecular formula is C23H28N6O4. The van der Waals surface area contributed by atoms with Crippen LogP contribution in [-0.2, 0) is 22.9 Å². The highest BCUT2D eigenvalue weighted by atomic mass is 16.5. The second-order valence-electron chi connectivity index (χ2n) is 8.13. The van der Waals surface area contributed by atoms with Gasteiger partial charge in [-0.3, -0.25) is 4.79 Å². The van der Waals surface area contributed by atoms with E-state index < -0.39 is 0 Å². The first kappa shape index (κ1) is 22.5. The van der Waals surface area contributed by atoms with Gasteiger partial charge in [-0.2, -0.15) is 5.10 Å². The number of aryl methyl sites for hydroxylation is 1. The summed E-state index contributed by atoms with van der Waals surface area (Å²) >= 11 is 0. The lowest BCUT2D eigenvalue weighted by molar-refractivity contribution is 0.332. The molecule has 10 heteroatoms. The van der Waals surface area contributed by atoms with Gasteiger partial charge >= 0.3 is 0 Å². The molecular weight excluding hydrogens is 424 g/mol. The van der Waals surface area contributed by atoms with Crippen LogP contribution >= 0.6 is 0 Å². The number of methoxy groups -OCH3 is 3. The van der Waals surface area contributed by atoms with E-state index in [0.29, 0.717) is 40.7 Å². The van der Waals surface area contributed by atoms with Crippen LogP contribution in [0.1, 0.15) is 19.5 Å². The maximum atomic E-state index is 12.9. The Morgan fingerprint density at radius 3 is 2.48 bits per heavy atom. The van der Waals surface area contributed by atoms with Gasteiger partial charge in [-0.1, -0.05) is 13.8 Å². The van der Waals surface area contributed by atoms with Crippen molar-refractivity contribution in [2.75, 3.05) is 21.3 Å². The van der Waals surface area contributed by atoms with Crippen LogP contribution in [0.4, 0.5) is 0 Å². The molecule has 4 heterocycles. The molecule has 0 saturated heterocycles. The molecule has 0 spiro atoms. The number of ether oxygens (including phenoxy) is 3. The van der Waals surface area contributed by atoms with Crippen molar-refractivity contribution in [3.05, 3.63) is 46.8 Å². The Morgan fingerprint density at radius 1 is 1.06 bits per heavy atom. The molecule has 0 N–H and O–H groups in total. The highest BCUT2D eigenvalue weighted by Gasteiger charge is 2.31. The number of pyridine rings is 1. The second-order valence-corrected chi connectivity index (χ2v) is 8.13. The van der Waals surface area contributed by atoms with E-state index in [0.717, 1.165) is 5.69 Å². The first-order chi connectivity index (χ1) is 15.9. The molecule has 2 atom stereocenters. The molecule has 0 bridgehead atoms. The van der Waals surface area contributed by atoms with Crippen LogP contribution in [0.5, 0.6) is 5.75 Å². The number of hydrogen-bond donors (Lipinski definition) is 0. The number of hydrogen-bond acceptors (Lipinski definition) is 8. The molecule has 4 rings (SSSR count). The summed E-state index contributed by atoms with van der Waals surface area (Å²) in [6.45, 7) is 4.14. The topological polar surface area (TPSA) is 105 Å². The minimum Gasteiger partial charge on any atom is -0.494 e. The van der Waals surface area contributed by atoms with E-state index >= 15 is 0 Å². The third kappa shape index (κ3) is 3.96. The van der Waals surface area contributed by atoms with E-state index in [4.69, 9.17) is 24.2 Å². The standard InChI is InChI=1S/C23H28N6O4/c1-13(2)19-22(33-6)26-16(21(27-19)32-5)11-14-7-8-15(20-24-9-10-29(14)20)18-17(31-4)12-25-28(3)23(18)30/h7-10,12-13,16,19H,11H2,1-6H3/t16-,19+/m0/s1. The number of fused-ring (bicyclic) bond motifs is 1. The molecule has 3 aromatic heterocycles. The minimum atomic E-state index is -0.334. The quantitative estimate of drug-likeness (QED) is 0.587. The van der Waals surface area contributed by atoms with Crippen molar-refractivity contribution in [2.24, 2.45) is 23.0 Å². The van der Waals surface area contributed by atoms with Crippen LogP contribution in [0.3, 0.4) is 0 Å². The minimum absolute atomic E-state index is 0.174. The Labute approximate surface area is 191 Å². The van der Waals surface area contributed by atoms with Gasteiger partial charge in [0.05, 0.1) is 33.1 Å². The van der Waals surface area contributed by atoms with Gasteiger partial charge < -0.3 is 18.6 Å². The summed E-state index contributed by atoms with van der Waals surface area (Å²) in [6, 6.07) is 3.32. The Balaban J connectivity index is 1.78. The molecule has 33 heavy (non-hydrogen) atoms. The average Bonchev–Trinajstić information content (AvgIpc) is 3.31. The highest BCUT2D eigenvalue weighted by Crippen LogP contribution is 2.30. The van der Waals surface area contributed by atoms with Gasteiger partial charge in [-0.25, -0.2) is 19.7 Å². The normalized spacial score (nSPS) is 18.3. The molecule has 10 nitrogen and oxygen atoms in total.